The van der Waals surface area contributed by atoms with Crippen LogP contribution in [0.4, 0.5) is 4.79 Å². The van der Waals surface area contributed by atoms with Gasteiger partial charge in [0.25, 0.3) is 0 Å². The van der Waals surface area contributed by atoms with E-state index < -0.39 is 0 Å². The fraction of sp³-hybridized carbons (Fsp3) is 0.951. The fourth-order valence-corrected chi connectivity index (χ4v) is 6.43. The molecule has 0 atom stereocenters. The van der Waals surface area contributed by atoms with E-state index in [0.717, 1.165) is 25.9 Å². The highest BCUT2D eigenvalue weighted by Gasteiger charge is 2.09. The van der Waals surface area contributed by atoms with Gasteiger partial charge in [-0.1, -0.05) is 206 Å². The maximum atomic E-state index is 12.4. The fourth-order valence-electron chi connectivity index (χ4n) is 6.43. The molecule has 0 aliphatic rings. The normalized spacial score (nSPS) is 11.2. The van der Waals surface area contributed by atoms with Gasteiger partial charge < -0.3 is 15.5 Å². The van der Waals surface area contributed by atoms with Crippen molar-refractivity contribution in [3.8, 4) is 0 Å². The molecule has 0 aromatic rings. The highest BCUT2D eigenvalue weighted by Crippen LogP contribution is 2.15. The van der Waals surface area contributed by atoms with Crippen LogP contribution in [0.2, 0.25) is 0 Å². The molecule has 0 aromatic carbocycles. The van der Waals surface area contributed by atoms with E-state index in [1.807, 2.05) is 11.9 Å². The van der Waals surface area contributed by atoms with Crippen molar-refractivity contribution in [2.24, 2.45) is 0 Å². The Labute approximate surface area is 289 Å². The van der Waals surface area contributed by atoms with Crippen LogP contribution in [-0.4, -0.2) is 43.5 Å². The van der Waals surface area contributed by atoms with Gasteiger partial charge in [-0.05, 0) is 12.8 Å². The SMILES string of the molecule is CCCCCCCCCCCCCCCCCCNC(=O)NCCC(=O)N(C)CCCCCCCCCCCCCCCCCC. The zero-order valence-corrected chi connectivity index (χ0v) is 31.7. The summed E-state index contributed by atoms with van der Waals surface area (Å²) in [6.07, 6.45) is 43.9. The second-order valence-corrected chi connectivity index (χ2v) is 14.4. The predicted octanol–water partition coefficient (Wildman–Crippen LogP) is 12.7. The summed E-state index contributed by atoms with van der Waals surface area (Å²) in [6.45, 7) is 6.52. The molecule has 0 saturated heterocycles. The number of urea groups is 1. The number of amides is 3. The van der Waals surface area contributed by atoms with Crippen molar-refractivity contribution >= 4 is 11.9 Å². The van der Waals surface area contributed by atoms with Gasteiger partial charge in [-0.25, -0.2) is 4.79 Å². The van der Waals surface area contributed by atoms with Crippen molar-refractivity contribution in [3.63, 3.8) is 0 Å². The zero-order chi connectivity index (χ0) is 33.6. The number of hydrogen-bond donors (Lipinski definition) is 2. The van der Waals surface area contributed by atoms with Crippen LogP contribution in [0.25, 0.3) is 0 Å². The number of rotatable bonds is 37. The van der Waals surface area contributed by atoms with Crippen LogP contribution in [0, 0.1) is 0 Å². The highest BCUT2D eigenvalue weighted by molar-refractivity contribution is 5.78. The van der Waals surface area contributed by atoms with Crippen LogP contribution in [-0.2, 0) is 4.79 Å². The van der Waals surface area contributed by atoms with Gasteiger partial charge in [0, 0.05) is 33.1 Å². The number of carbonyl (C=O) groups is 2. The van der Waals surface area contributed by atoms with Gasteiger partial charge in [-0.15, -0.1) is 0 Å². The lowest BCUT2D eigenvalue weighted by Crippen LogP contribution is -2.38. The average molecular weight is 650 g/mol. The third kappa shape index (κ3) is 35.6. The number of nitrogens with zero attached hydrogens (tertiary/aromatic N) is 1. The molecule has 5 nitrogen and oxygen atoms in total. The summed E-state index contributed by atoms with van der Waals surface area (Å²) >= 11 is 0. The summed E-state index contributed by atoms with van der Waals surface area (Å²) in [5, 5.41) is 5.79. The molecular formula is C41H83N3O2. The molecule has 0 spiro atoms. The largest absolute Gasteiger partial charge is 0.346 e. The molecule has 2 N–H and O–H groups in total. The van der Waals surface area contributed by atoms with E-state index in [1.165, 1.54) is 193 Å². The maximum absolute atomic E-state index is 12.4. The predicted molar refractivity (Wildman–Crippen MR) is 203 cm³/mol. The Hall–Kier alpha value is -1.26. The Bertz CT molecular complexity index is 627. The summed E-state index contributed by atoms with van der Waals surface area (Å²) < 4.78 is 0. The van der Waals surface area contributed by atoms with Crippen LogP contribution < -0.4 is 10.6 Å². The minimum Gasteiger partial charge on any atom is -0.346 e. The highest BCUT2D eigenvalue weighted by atomic mass is 16.2. The van der Waals surface area contributed by atoms with Crippen molar-refractivity contribution in [1.82, 2.24) is 15.5 Å². The molecule has 0 fully saturated rings. The third-order valence-corrected chi connectivity index (χ3v) is 9.71. The summed E-state index contributed by atoms with van der Waals surface area (Å²) in [4.78, 5) is 26.3. The molecule has 0 aliphatic carbocycles. The first-order chi connectivity index (χ1) is 22.6. The smallest absolute Gasteiger partial charge is 0.314 e. The Morgan fingerprint density at radius 3 is 1.02 bits per heavy atom. The van der Waals surface area contributed by atoms with Crippen LogP contribution in [0.3, 0.4) is 0 Å². The van der Waals surface area contributed by atoms with Gasteiger partial charge >= 0.3 is 6.03 Å². The quantitative estimate of drug-likeness (QED) is 0.0658. The number of hydrogen-bond acceptors (Lipinski definition) is 2. The summed E-state index contributed by atoms with van der Waals surface area (Å²) in [5.41, 5.74) is 0. The Kier molecular flexibility index (Phi) is 37.1. The monoisotopic (exact) mass is 650 g/mol. The molecule has 0 bridgehead atoms. The lowest BCUT2D eigenvalue weighted by atomic mass is 10.0. The summed E-state index contributed by atoms with van der Waals surface area (Å²) in [6, 6.07) is -0.144. The Morgan fingerprint density at radius 2 is 0.674 bits per heavy atom. The van der Waals surface area contributed by atoms with Crippen LogP contribution >= 0.6 is 0 Å². The molecule has 0 radical (unpaired) electrons. The van der Waals surface area contributed by atoms with Gasteiger partial charge in [0.1, 0.15) is 0 Å². The average Bonchev–Trinajstić information content (AvgIpc) is 3.05. The van der Waals surface area contributed by atoms with Crippen molar-refractivity contribution in [2.45, 2.75) is 226 Å². The molecule has 0 heterocycles. The first-order valence-electron chi connectivity index (χ1n) is 20.9. The van der Waals surface area contributed by atoms with Crippen molar-refractivity contribution < 1.29 is 9.59 Å². The second kappa shape index (κ2) is 38.2. The van der Waals surface area contributed by atoms with E-state index >= 15 is 0 Å². The molecule has 5 heteroatoms. The van der Waals surface area contributed by atoms with Crippen molar-refractivity contribution in [1.29, 1.82) is 0 Å². The van der Waals surface area contributed by atoms with E-state index in [4.69, 9.17) is 0 Å². The number of nitrogens with one attached hydrogen (secondary N) is 2. The van der Waals surface area contributed by atoms with E-state index in [9.17, 15) is 9.59 Å². The standard InChI is InChI=1S/C41H83N3O2/c1-4-6-8-10-12-14-16-18-20-22-24-26-28-30-32-34-37-42-41(46)43-38-36-40(45)44(3)39-35-33-31-29-27-25-23-21-19-17-15-13-11-9-7-5-2/h4-39H2,1-3H3,(H2,42,43,46). The second-order valence-electron chi connectivity index (χ2n) is 14.4. The number of carbonyl (C=O) groups excluding carboxylic acids is 2. The van der Waals surface area contributed by atoms with Gasteiger partial charge in [0.05, 0.1) is 0 Å². The van der Waals surface area contributed by atoms with Gasteiger partial charge in [0.15, 0.2) is 0 Å². The minimum absolute atomic E-state index is 0.124. The lowest BCUT2D eigenvalue weighted by molar-refractivity contribution is -0.129. The Morgan fingerprint density at radius 1 is 0.391 bits per heavy atom. The van der Waals surface area contributed by atoms with Crippen LogP contribution in [0.15, 0.2) is 0 Å². The summed E-state index contributed by atoms with van der Waals surface area (Å²) in [7, 11) is 1.89. The molecule has 0 saturated carbocycles. The molecule has 0 aliphatic heterocycles. The molecule has 0 unspecified atom stereocenters. The van der Waals surface area contributed by atoms with Crippen molar-refractivity contribution in [3.05, 3.63) is 0 Å². The van der Waals surface area contributed by atoms with Crippen LogP contribution in [0.1, 0.15) is 226 Å². The maximum Gasteiger partial charge on any atom is 0.314 e. The van der Waals surface area contributed by atoms with Gasteiger partial charge in [0.2, 0.25) is 5.91 Å². The van der Waals surface area contributed by atoms with E-state index in [2.05, 4.69) is 24.5 Å². The summed E-state index contributed by atoms with van der Waals surface area (Å²) in [5.74, 6) is 0.124. The zero-order valence-electron chi connectivity index (χ0n) is 31.7. The van der Waals surface area contributed by atoms with E-state index in [0.29, 0.717) is 13.0 Å². The van der Waals surface area contributed by atoms with Gasteiger partial charge in [-0.3, -0.25) is 4.79 Å². The van der Waals surface area contributed by atoms with Crippen molar-refractivity contribution in [2.75, 3.05) is 26.7 Å². The van der Waals surface area contributed by atoms with E-state index in [1.54, 1.807) is 0 Å². The van der Waals surface area contributed by atoms with Gasteiger partial charge in [-0.2, -0.15) is 0 Å². The number of unbranched alkanes of at least 4 members (excludes halogenated alkanes) is 30. The first-order valence-corrected chi connectivity index (χ1v) is 20.9. The first kappa shape index (κ1) is 44.7. The third-order valence-electron chi connectivity index (χ3n) is 9.71. The minimum atomic E-state index is -0.144. The lowest BCUT2D eigenvalue weighted by Gasteiger charge is -2.17. The Balaban J connectivity index is 3.36. The molecule has 274 valence electrons. The molecule has 0 rings (SSSR count). The van der Waals surface area contributed by atoms with E-state index in [-0.39, 0.29) is 11.9 Å². The van der Waals surface area contributed by atoms with Crippen LogP contribution in [0.5, 0.6) is 0 Å². The molecular weight excluding hydrogens is 566 g/mol. The molecule has 3 amide bonds. The molecule has 46 heavy (non-hydrogen) atoms. The topological polar surface area (TPSA) is 61.4 Å². The molecule has 0 aromatic heterocycles.